The normalized spacial score (nSPS) is 18.0. The summed E-state index contributed by atoms with van der Waals surface area (Å²) in [6.45, 7) is 2.65. The highest BCUT2D eigenvalue weighted by Crippen LogP contribution is 2.35. The lowest BCUT2D eigenvalue weighted by Crippen LogP contribution is -2.55. The number of rotatable bonds is 4. The van der Waals surface area contributed by atoms with Crippen LogP contribution in [0.15, 0.2) is 30.6 Å². The fraction of sp³-hybridized carbons (Fsp3) is 0.450. The Balaban J connectivity index is 1.26. The van der Waals surface area contributed by atoms with Gasteiger partial charge < -0.3 is 20.5 Å². The summed E-state index contributed by atoms with van der Waals surface area (Å²) in [5, 5.41) is 7.02. The minimum absolute atomic E-state index is 0.0734. The van der Waals surface area contributed by atoms with Crippen LogP contribution in [-0.4, -0.2) is 52.9 Å². The molecule has 1 spiro atoms. The van der Waals surface area contributed by atoms with Crippen molar-refractivity contribution in [2.24, 2.45) is 0 Å². The minimum atomic E-state index is -0.195. The van der Waals surface area contributed by atoms with E-state index in [0.29, 0.717) is 36.6 Å². The SMILES string of the molecule is O=C(NCCC(=O)N1CCC2(CC1)NCCc1[nH]cnc12)c1ccc(Cl)cc1. The maximum atomic E-state index is 12.5. The molecule has 4 rings (SSSR count). The lowest BCUT2D eigenvalue weighted by molar-refractivity contribution is -0.132. The van der Waals surface area contributed by atoms with Crippen molar-refractivity contribution in [3.63, 3.8) is 0 Å². The maximum Gasteiger partial charge on any atom is 0.251 e. The molecule has 0 unspecified atom stereocenters. The molecular formula is C20H24ClN5O2. The van der Waals surface area contributed by atoms with Crippen molar-refractivity contribution < 1.29 is 9.59 Å². The van der Waals surface area contributed by atoms with Crippen molar-refractivity contribution in [1.82, 2.24) is 25.5 Å². The second kappa shape index (κ2) is 7.93. The summed E-state index contributed by atoms with van der Waals surface area (Å²) in [6, 6.07) is 6.69. The van der Waals surface area contributed by atoms with Crippen molar-refractivity contribution in [3.05, 3.63) is 52.6 Å². The van der Waals surface area contributed by atoms with Gasteiger partial charge in [0, 0.05) is 55.3 Å². The van der Waals surface area contributed by atoms with Crippen molar-refractivity contribution in [2.45, 2.75) is 31.2 Å². The largest absolute Gasteiger partial charge is 0.352 e. The first-order valence-electron chi connectivity index (χ1n) is 9.67. The molecule has 1 saturated heterocycles. The first-order valence-corrected chi connectivity index (χ1v) is 10.0. The molecule has 0 aliphatic carbocycles. The number of nitrogens with zero attached hydrogens (tertiary/aromatic N) is 2. The van der Waals surface area contributed by atoms with Crippen molar-refractivity contribution in [2.75, 3.05) is 26.2 Å². The molecule has 1 fully saturated rings. The lowest BCUT2D eigenvalue weighted by Gasteiger charge is -2.44. The number of hydrogen-bond donors (Lipinski definition) is 3. The van der Waals surface area contributed by atoms with E-state index in [1.165, 1.54) is 5.69 Å². The van der Waals surface area contributed by atoms with Gasteiger partial charge in [-0.1, -0.05) is 11.6 Å². The molecule has 3 heterocycles. The molecule has 0 radical (unpaired) electrons. The van der Waals surface area contributed by atoms with Gasteiger partial charge in [-0.3, -0.25) is 9.59 Å². The number of carbonyl (C=O) groups excluding carboxylic acids is 2. The number of likely N-dealkylation sites (tertiary alicyclic amines) is 1. The average Bonchev–Trinajstić information content (AvgIpc) is 3.19. The zero-order chi connectivity index (χ0) is 19.6. The summed E-state index contributed by atoms with van der Waals surface area (Å²) >= 11 is 5.83. The minimum Gasteiger partial charge on any atom is -0.352 e. The highest BCUT2D eigenvalue weighted by Gasteiger charge is 2.41. The van der Waals surface area contributed by atoms with Gasteiger partial charge >= 0.3 is 0 Å². The van der Waals surface area contributed by atoms with Gasteiger partial charge in [-0.2, -0.15) is 0 Å². The molecule has 2 aliphatic rings. The number of nitrogens with one attached hydrogen (secondary N) is 3. The Morgan fingerprint density at radius 2 is 1.96 bits per heavy atom. The Bertz CT molecular complexity index is 856. The smallest absolute Gasteiger partial charge is 0.251 e. The molecule has 2 amide bonds. The zero-order valence-corrected chi connectivity index (χ0v) is 16.4. The molecule has 28 heavy (non-hydrogen) atoms. The summed E-state index contributed by atoms with van der Waals surface area (Å²) in [5.74, 6) is -0.121. The van der Waals surface area contributed by atoms with Gasteiger partial charge in [0.25, 0.3) is 5.91 Å². The molecule has 2 aliphatic heterocycles. The van der Waals surface area contributed by atoms with Crippen LogP contribution in [0, 0.1) is 0 Å². The third-order valence-electron chi connectivity index (χ3n) is 5.71. The summed E-state index contributed by atoms with van der Waals surface area (Å²) in [6.07, 6.45) is 4.74. The summed E-state index contributed by atoms with van der Waals surface area (Å²) in [7, 11) is 0. The highest BCUT2D eigenvalue weighted by atomic mass is 35.5. The van der Waals surface area contributed by atoms with E-state index in [4.69, 9.17) is 11.6 Å². The van der Waals surface area contributed by atoms with E-state index < -0.39 is 0 Å². The Morgan fingerprint density at radius 3 is 2.71 bits per heavy atom. The molecule has 148 valence electrons. The molecule has 0 atom stereocenters. The molecule has 8 heteroatoms. The van der Waals surface area contributed by atoms with Crippen LogP contribution in [0.2, 0.25) is 5.02 Å². The van der Waals surface area contributed by atoms with E-state index in [1.54, 1.807) is 30.6 Å². The topological polar surface area (TPSA) is 90.1 Å². The van der Waals surface area contributed by atoms with E-state index in [9.17, 15) is 9.59 Å². The number of benzene rings is 1. The summed E-state index contributed by atoms with van der Waals surface area (Å²) in [4.78, 5) is 34.3. The van der Waals surface area contributed by atoms with Gasteiger partial charge in [-0.25, -0.2) is 4.98 Å². The monoisotopic (exact) mass is 401 g/mol. The first-order chi connectivity index (χ1) is 13.6. The third kappa shape index (κ3) is 3.77. The average molecular weight is 402 g/mol. The summed E-state index contributed by atoms with van der Waals surface area (Å²) < 4.78 is 0. The molecule has 0 saturated carbocycles. The van der Waals surface area contributed by atoms with Gasteiger partial charge in [0.15, 0.2) is 0 Å². The predicted octanol–water partition coefficient (Wildman–Crippen LogP) is 1.85. The molecule has 1 aromatic carbocycles. The number of hydrogen-bond acceptors (Lipinski definition) is 4. The number of aromatic nitrogens is 2. The predicted molar refractivity (Wildman–Crippen MR) is 106 cm³/mol. The number of fused-ring (bicyclic) bond motifs is 2. The van der Waals surface area contributed by atoms with Crippen LogP contribution in [0.3, 0.4) is 0 Å². The number of halogens is 1. The first kappa shape index (κ1) is 19.0. The highest BCUT2D eigenvalue weighted by molar-refractivity contribution is 6.30. The van der Waals surface area contributed by atoms with E-state index in [0.717, 1.165) is 31.5 Å². The van der Waals surface area contributed by atoms with Crippen LogP contribution >= 0.6 is 11.6 Å². The van der Waals surface area contributed by atoms with E-state index in [2.05, 4.69) is 20.6 Å². The lowest BCUT2D eigenvalue weighted by atomic mass is 9.80. The number of amides is 2. The van der Waals surface area contributed by atoms with Crippen molar-refractivity contribution in [1.29, 1.82) is 0 Å². The fourth-order valence-electron chi connectivity index (χ4n) is 4.13. The van der Waals surface area contributed by atoms with Gasteiger partial charge in [0.05, 0.1) is 17.6 Å². The molecule has 7 nitrogen and oxygen atoms in total. The van der Waals surface area contributed by atoms with Gasteiger partial charge in [-0.05, 0) is 37.1 Å². The van der Waals surface area contributed by atoms with Crippen LogP contribution in [0.5, 0.6) is 0 Å². The number of aromatic amines is 1. The second-order valence-corrected chi connectivity index (χ2v) is 7.82. The molecular weight excluding hydrogens is 378 g/mol. The van der Waals surface area contributed by atoms with Crippen LogP contribution in [-0.2, 0) is 16.8 Å². The van der Waals surface area contributed by atoms with Crippen molar-refractivity contribution in [3.8, 4) is 0 Å². The van der Waals surface area contributed by atoms with Gasteiger partial charge in [-0.15, -0.1) is 0 Å². The maximum absolute atomic E-state index is 12.5. The Labute approximate surface area is 168 Å². The zero-order valence-electron chi connectivity index (χ0n) is 15.6. The quantitative estimate of drug-likeness (QED) is 0.729. The molecule has 1 aromatic heterocycles. The van der Waals surface area contributed by atoms with Crippen LogP contribution in [0.25, 0.3) is 0 Å². The Hall–Kier alpha value is -2.38. The standard InChI is InChI=1S/C20H24ClN5O2/c21-15-3-1-14(2-4-15)19(28)22-9-6-17(27)26-11-7-20(8-12-26)18-16(5-10-25-20)23-13-24-18/h1-4,13,25H,5-12H2,(H,22,28)(H,23,24). The number of piperidine rings is 1. The van der Waals surface area contributed by atoms with E-state index >= 15 is 0 Å². The van der Waals surface area contributed by atoms with Crippen LogP contribution < -0.4 is 10.6 Å². The van der Waals surface area contributed by atoms with E-state index in [-0.39, 0.29) is 17.4 Å². The van der Waals surface area contributed by atoms with Gasteiger partial charge in [0.1, 0.15) is 0 Å². The number of carbonyl (C=O) groups is 2. The van der Waals surface area contributed by atoms with Crippen LogP contribution in [0.1, 0.15) is 41.0 Å². The molecule has 0 bridgehead atoms. The van der Waals surface area contributed by atoms with Gasteiger partial charge in [0.2, 0.25) is 5.91 Å². The summed E-state index contributed by atoms with van der Waals surface area (Å²) in [5.41, 5.74) is 2.74. The Kier molecular flexibility index (Phi) is 5.37. The third-order valence-corrected chi connectivity index (χ3v) is 5.96. The molecule has 2 aromatic rings. The molecule has 3 N–H and O–H groups in total. The number of imidazole rings is 1. The van der Waals surface area contributed by atoms with E-state index in [1.807, 2.05) is 4.90 Å². The number of H-pyrrole nitrogens is 1. The fourth-order valence-corrected chi connectivity index (χ4v) is 4.26. The second-order valence-electron chi connectivity index (χ2n) is 7.38. The van der Waals surface area contributed by atoms with Crippen LogP contribution in [0.4, 0.5) is 0 Å². The van der Waals surface area contributed by atoms with Crippen molar-refractivity contribution >= 4 is 23.4 Å². The Morgan fingerprint density at radius 1 is 1.21 bits per heavy atom.